The molecule has 0 bridgehead atoms. The normalized spacial score (nSPS) is 25.9. The molecule has 2 atom stereocenters. The number of aromatic nitrogens is 2. The highest BCUT2D eigenvalue weighted by Gasteiger charge is 2.33. The van der Waals surface area contributed by atoms with Gasteiger partial charge in [-0.3, -0.25) is 5.43 Å². The number of halogens is 1. The highest BCUT2D eigenvalue weighted by atomic mass is 79.9. The highest BCUT2D eigenvalue weighted by molar-refractivity contribution is 9.10. The van der Waals surface area contributed by atoms with Crippen molar-refractivity contribution in [2.75, 3.05) is 5.43 Å². The van der Waals surface area contributed by atoms with Crippen molar-refractivity contribution in [3.63, 3.8) is 0 Å². The number of nitrogens with two attached hydrogens (primary N) is 1. The average molecular weight is 329 g/mol. The molecule has 2 unspecified atom stereocenters. The number of anilines is 1. The monoisotopic (exact) mass is 328 g/mol. The summed E-state index contributed by atoms with van der Waals surface area (Å²) in [6.45, 7) is 6.86. The first-order valence-electron chi connectivity index (χ1n) is 6.55. The van der Waals surface area contributed by atoms with Crippen molar-refractivity contribution < 1.29 is 4.74 Å². The van der Waals surface area contributed by atoms with Gasteiger partial charge in [-0.1, -0.05) is 20.8 Å². The SMILES string of the molecule is CC1CC(Oc2nc(NN)ncc2Br)CC(C)(C)C1. The Bertz CT molecular complexity index is 452. The molecule has 1 aliphatic carbocycles. The molecule has 106 valence electrons. The number of hydrogen-bond donors (Lipinski definition) is 2. The summed E-state index contributed by atoms with van der Waals surface area (Å²) < 4.78 is 6.79. The molecule has 1 aromatic rings. The number of rotatable bonds is 3. The zero-order chi connectivity index (χ0) is 14.0. The predicted molar refractivity (Wildman–Crippen MR) is 78.8 cm³/mol. The molecular weight excluding hydrogens is 308 g/mol. The molecule has 0 radical (unpaired) electrons. The van der Waals surface area contributed by atoms with E-state index >= 15 is 0 Å². The maximum absolute atomic E-state index is 6.04. The number of hydrogen-bond acceptors (Lipinski definition) is 5. The van der Waals surface area contributed by atoms with E-state index < -0.39 is 0 Å². The maximum atomic E-state index is 6.04. The molecule has 3 N–H and O–H groups in total. The zero-order valence-electron chi connectivity index (χ0n) is 11.6. The van der Waals surface area contributed by atoms with Crippen LogP contribution in [-0.4, -0.2) is 16.1 Å². The van der Waals surface area contributed by atoms with E-state index in [1.807, 2.05) is 0 Å². The first-order chi connectivity index (χ1) is 8.89. The fraction of sp³-hybridized carbons (Fsp3) is 0.692. The van der Waals surface area contributed by atoms with Crippen molar-refractivity contribution in [3.8, 4) is 5.88 Å². The summed E-state index contributed by atoms with van der Waals surface area (Å²) in [5, 5.41) is 0. The molecule has 19 heavy (non-hydrogen) atoms. The molecule has 1 aromatic heterocycles. The Morgan fingerprint density at radius 3 is 2.84 bits per heavy atom. The number of ether oxygens (including phenoxy) is 1. The number of nitrogen functional groups attached to an aromatic ring is 1. The summed E-state index contributed by atoms with van der Waals surface area (Å²) in [6, 6.07) is 0. The lowest BCUT2D eigenvalue weighted by molar-refractivity contribution is 0.0527. The zero-order valence-corrected chi connectivity index (χ0v) is 13.2. The van der Waals surface area contributed by atoms with Gasteiger partial charge in [-0.25, -0.2) is 10.8 Å². The average Bonchev–Trinajstić information content (AvgIpc) is 2.29. The van der Waals surface area contributed by atoms with Gasteiger partial charge in [0.15, 0.2) is 0 Å². The number of nitrogens with zero attached hydrogens (tertiary/aromatic N) is 2. The van der Waals surface area contributed by atoms with Crippen LogP contribution in [0, 0.1) is 11.3 Å². The molecule has 1 aliphatic rings. The van der Waals surface area contributed by atoms with E-state index in [0.29, 0.717) is 23.2 Å². The van der Waals surface area contributed by atoms with Crippen LogP contribution in [0.5, 0.6) is 5.88 Å². The minimum absolute atomic E-state index is 0.190. The van der Waals surface area contributed by atoms with E-state index in [9.17, 15) is 0 Å². The van der Waals surface area contributed by atoms with Crippen LogP contribution in [0.3, 0.4) is 0 Å². The second-order valence-corrected chi connectivity index (χ2v) is 7.00. The summed E-state index contributed by atoms with van der Waals surface area (Å²) in [4.78, 5) is 8.26. The largest absolute Gasteiger partial charge is 0.473 e. The second-order valence-electron chi connectivity index (χ2n) is 6.14. The molecule has 1 saturated carbocycles. The van der Waals surface area contributed by atoms with Crippen LogP contribution < -0.4 is 16.0 Å². The Balaban J connectivity index is 2.12. The van der Waals surface area contributed by atoms with Gasteiger partial charge >= 0.3 is 0 Å². The van der Waals surface area contributed by atoms with E-state index in [2.05, 4.69) is 52.1 Å². The first kappa shape index (κ1) is 14.5. The smallest absolute Gasteiger partial charge is 0.240 e. The van der Waals surface area contributed by atoms with Gasteiger partial charge in [0, 0.05) is 0 Å². The van der Waals surface area contributed by atoms with Gasteiger partial charge in [-0.2, -0.15) is 4.98 Å². The third kappa shape index (κ3) is 3.79. The standard InChI is InChI=1S/C13H21BrN4O/c1-8-4-9(6-13(2,3)5-8)19-11-10(14)7-16-12(17-11)18-15/h7-9H,4-6,15H2,1-3H3,(H,16,17,18). The van der Waals surface area contributed by atoms with Gasteiger partial charge in [0.2, 0.25) is 11.8 Å². The van der Waals surface area contributed by atoms with Crippen molar-refractivity contribution in [2.45, 2.75) is 46.1 Å². The van der Waals surface area contributed by atoms with Crippen molar-refractivity contribution in [2.24, 2.45) is 17.2 Å². The van der Waals surface area contributed by atoms with Gasteiger partial charge in [-0.15, -0.1) is 0 Å². The third-order valence-corrected chi connectivity index (χ3v) is 4.01. The summed E-state index contributed by atoms with van der Waals surface area (Å²) in [5.74, 6) is 6.91. The van der Waals surface area contributed by atoms with Crippen molar-refractivity contribution in [1.82, 2.24) is 9.97 Å². The summed E-state index contributed by atoms with van der Waals surface area (Å²) in [6.07, 6.45) is 5.18. The molecule has 0 saturated heterocycles. The predicted octanol–water partition coefficient (Wildman–Crippen LogP) is 3.12. The van der Waals surface area contributed by atoms with E-state index in [4.69, 9.17) is 10.6 Å². The summed E-state index contributed by atoms with van der Waals surface area (Å²) in [5.41, 5.74) is 2.75. The Hall–Kier alpha value is -0.880. The fourth-order valence-corrected chi connectivity index (χ4v) is 3.29. The molecule has 0 amide bonds. The maximum Gasteiger partial charge on any atom is 0.240 e. The van der Waals surface area contributed by atoms with Gasteiger partial charge in [-0.05, 0) is 46.5 Å². The lowest BCUT2D eigenvalue weighted by atomic mass is 9.71. The molecule has 0 aromatic carbocycles. The van der Waals surface area contributed by atoms with Crippen LogP contribution >= 0.6 is 15.9 Å². The lowest BCUT2D eigenvalue weighted by Gasteiger charge is -2.38. The summed E-state index contributed by atoms with van der Waals surface area (Å²) in [7, 11) is 0. The van der Waals surface area contributed by atoms with Gasteiger partial charge in [0.1, 0.15) is 6.10 Å². The quantitative estimate of drug-likeness (QED) is 0.658. The number of nitrogens with one attached hydrogen (secondary N) is 1. The van der Waals surface area contributed by atoms with Crippen molar-refractivity contribution >= 4 is 21.9 Å². The molecular formula is C13H21BrN4O. The molecule has 1 heterocycles. The van der Waals surface area contributed by atoms with Crippen molar-refractivity contribution in [1.29, 1.82) is 0 Å². The molecule has 5 nitrogen and oxygen atoms in total. The Morgan fingerprint density at radius 1 is 1.47 bits per heavy atom. The molecule has 0 aliphatic heterocycles. The Labute approximate surface area is 122 Å². The number of hydrazine groups is 1. The van der Waals surface area contributed by atoms with Crippen LogP contribution in [0.4, 0.5) is 5.95 Å². The van der Waals surface area contributed by atoms with Gasteiger partial charge < -0.3 is 4.74 Å². The topological polar surface area (TPSA) is 73.1 Å². The Kier molecular flexibility index (Phi) is 4.30. The first-order valence-corrected chi connectivity index (χ1v) is 7.35. The molecule has 6 heteroatoms. The third-order valence-electron chi connectivity index (χ3n) is 3.47. The fourth-order valence-electron chi connectivity index (χ4n) is 3.01. The van der Waals surface area contributed by atoms with E-state index in [1.54, 1.807) is 6.20 Å². The van der Waals surface area contributed by atoms with E-state index in [0.717, 1.165) is 17.3 Å². The highest BCUT2D eigenvalue weighted by Crippen LogP contribution is 2.40. The lowest BCUT2D eigenvalue weighted by Crippen LogP contribution is -2.34. The van der Waals surface area contributed by atoms with Crippen LogP contribution in [0.15, 0.2) is 10.7 Å². The van der Waals surface area contributed by atoms with Gasteiger partial charge in [0.25, 0.3) is 0 Å². The Morgan fingerprint density at radius 2 is 2.21 bits per heavy atom. The van der Waals surface area contributed by atoms with Crippen LogP contribution in [0.25, 0.3) is 0 Å². The second kappa shape index (κ2) is 5.63. The van der Waals surface area contributed by atoms with E-state index in [1.165, 1.54) is 6.42 Å². The van der Waals surface area contributed by atoms with Crippen LogP contribution in [0.2, 0.25) is 0 Å². The molecule has 0 spiro atoms. The minimum Gasteiger partial charge on any atom is -0.473 e. The van der Waals surface area contributed by atoms with Gasteiger partial charge in [0.05, 0.1) is 10.7 Å². The van der Waals surface area contributed by atoms with Crippen LogP contribution in [0.1, 0.15) is 40.0 Å². The molecule has 1 fully saturated rings. The minimum atomic E-state index is 0.190. The van der Waals surface area contributed by atoms with Crippen LogP contribution in [-0.2, 0) is 0 Å². The summed E-state index contributed by atoms with van der Waals surface area (Å²) >= 11 is 3.41. The van der Waals surface area contributed by atoms with E-state index in [-0.39, 0.29) is 6.10 Å². The van der Waals surface area contributed by atoms with Crippen molar-refractivity contribution in [3.05, 3.63) is 10.7 Å². The molecule has 2 rings (SSSR count).